The third-order valence-corrected chi connectivity index (χ3v) is 1.72. The van der Waals surface area contributed by atoms with Crippen molar-refractivity contribution in [3.05, 3.63) is 38.0 Å². The molecule has 0 radical (unpaired) electrons. The molecular weight excluding hydrogens is 193 g/mol. The Bertz CT molecular complexity index is 135. The van der Waals surface area contributed by atoms with Crippen molar-refractivity contribution in [1.29, 1.82) is 0 Å². The zero-order valence-electron chi connectivity index (χ0n) is 7.08. The summed E-state index contributed by atoms with van der Waals surface area (Å²) in [6.07, 6.45) is 5.30. The summed E-state index contributed by atoms with van der Waals surface area (Å²) in [5.74, 6) is 0. The third-order valence-electron chi connectivity index (χ3n) is 1.27. The fourth-order valence-corrected chi connectivity index (χ4v) is 0.916. The van der Waals surface area contributed by atoms with E-state index < -0.39 is 0 Å². The largest absolute Gasteiger partial charge is 0.277 e. The van der Waals surface area contributed by atoms with Crippen molar-refractivity contribution in [1.82, 2.24) is 4.90 Å². The summed E-state index contributed by atoms with van der Waals surface area (Å²) < 4.78 is 0. The van der Waals surface area contributed by atoms with Crippen LogP contribution in [0.3, 0.4) is 0 Å². The lowest BCUT2D eigenvalue weighted by molar-refractivity contribution is 0.344. The number of hydrogen-bond donors (Lipinski definition) is 0. The first-order valence-corrected chi connectivity index (χ1v) is 3.92. The second-order valence-corrected chi connectivity index (χ2v) is 2.59. The van der Waals surface area contributed by atoms with Crippen molar-refractivity contribution >= 4 is 24.0 Å². The summed E-state index contributed by atoms with van der Waals surface area (Å²) in [4.78, 5) is 1.99. The van der Waals surface area contributed by atoms with E-state index in [1.54, 1.807) is 6.08 Å². The van der Waals surface area contributed by atoms with Crippen LogP contribution in [0.25, 0.3) is 0 Å². The lowest BCUT2D eigenvalue weighted by Gasteiger charge is -2.21. The van der Waals surface area contributed by atoms with Crippen LogP contribution >= 0.6 is 24.0 Å². The van der Waals surface area contributed by atoms with E-state index in [0.717, 1.165) is 13.1 Å². The second-order valence-electron chi connectivity index (χ2n) is 2.14. The van der Waals surface area contributed by atoms with Crippen molar-refractivity contribution in [2.24, 2.45) is 0 Å². The topological polar surface area (TPSA) is 3.24 Å². The summed E-state index contributed by atoms with van der Waals surface area (Å²) in [6.45, 7) is 12.4. The van der Waals surface area contributed by atoms with Gasteiger partial charge in [-0.2, -0.15) is 0 Å². The Morgan fingerprint density at radius 3 is 1.83 bits per heavy atom. The van der Waals surface area contributed by atoms with Gasteiger partial charge in [0, 0.05) is 13.1 Å². The van der Waals surface area contributed by atoms with Gasteiger partial charge < -0.3 is 0 Å². The van der Waals surface area contributed by atoms with Crippen LogP contribution in [-0.2, 0) is 0 Å². The van der Waals surface area contributed by atoms with Gasteiger partial charge in [-0.05, 0) is 0 Å². The molecule has 0 aliphatic heterocycles. The maximum Gasteiger partial charge on any atom is 0.104 e. The highest BCUT2D eigenvalue weighted by Gasteiger charge is 2.07. The average molecular weight is 208 g/mol. The molecule has 0 heterocycles. The van der Waals surface area contributed by atoms with Gasteiger partial charge in [0.05, 0.1) is 0 Å². The SMILES string of the molecule is C=CCN(CC=C)C(Cl)C=C.Cl. The molecule has 0 bridgehead atoms. The molecule has 0 saturated heterocycles. The summed E-state index contributed by atoms with van der Waals surface area (Å²) in [5.41, 5.74) is -0.133. The molecule has 0 rings (SSSR count). The maximum atomic E-state index is 5.90. The van der Waals surface area contributed by atoms with Crippen LogP contribution in [0.5, 0.6) is 0 Å². The van der Waals surface area contributed by atoms with Crippen LogP contribution in [0, 0.1) is 0 Å². The average Bonchev–Trinajstić information content (AvgIpc) is 2.03. The Morgan fingerprint density at radius 2 is 1.58 bits per heavy atom. The van der Waals surface area contributed by atoms with Gasteiger partial charge in [0.2, 0.25) is 0 Å². The van der Waals surface area contributed by atoms with E-state index in [2.05, 4.69) is 19.7 Å². The number of halogens is 2. The van der Waals surface area contributed by atoms with Crippen LogP contribution in [0.4, 0.5) is 0 Å². The molecule has 1 nitrogen and oxygen atoms in total. The van der Waals surface area contributed by atoms with E-state index >= 15 is 0 Å². The molecule has 1 atom stereocenters. The Balaban J connectivity index is 0. The second kappa shape index (κ2) is 8.85. The third kappa shape index (κ3) is 5.42. The zero-order chi connectivity index (χ0) is 8.69. The first-order valence-electron chi connectivity index (χ1n) is 3.48. The van der Waals surface area contributed by atoms with E-state index in [4.69, 9.17) is 11.6 Å². The molecule has 0 fully saturated rings. The molecule has 0 aliphatic carbocycles. The highest BCUT2D eigenvalue weighted by molar-refractivity contribution is 6.21. The van der Waals surface area contributed by atoms with Gasteiger partial charge in [0.15, 0.2) is 0 Å². The van der Waals surface area contributed by atoms with E-state index in [1.165, 1.54) is 0 Å². The fourth-order valence-electron chi connectivity index (χ4n) is 0.757. The molecule has 3 heteroatoms. The number of alkyl halides is 1. The molecule has 0 aromatic carbocycles. The van der Waals surface area contributed by atoms with Crippen LogP contribution < -0.4 is 0 Å². The number of rotatable bonds is 6. The van der Waals surface area contributed by atoms with Gasteiger partial charge >= 0.3 is 0 Å². The lowest BCUT2D eigenvalue weighted by atomic mass is 10.4. The van der Waals surface area contributed by atoms with Crippen LogP contribution in [-0.4, -0.2) is 23.5 Å². The van der Waals surface area contributed by atoms with Crippen molar-refractivity contribution < 1.29 is 0 Å². The lowest BCUT2D eigenvalue weighted by Crippen LogP contribution is -2.29. The molecular formula is C9H15Cl2N. The van der Waals surface area contributed by atoms with Crippen LogP contribution in [0.2, 0.25) is 0 Å². The zero-order valence-corrected chi connectivity index (χ0v) is 8.65. The Labute approximate surface area is 85.8 Å². The van der Waals surface area contributed by atoms with E-state index in [-0.39, 0.29) is 17.9 Å². The minimum absolute atomic E-state index is 0. The van der Waals surface area contributed by atoms with Gasteiger partial charge in [0.1, 0.15) is 5.50 Å². The molecule has 12 heavy (non-hydrogen) atoms. The predicted octanol–water partition coefficient (Wildman–Crippen LogP) is 2.83. The monoisotopic (exact) mass is 207 g/mol. The maximum absolute atomic E-state index is 5.90. The molecule has 1 unspecified atom stereocenters. The quantitative estimate of drug-likeness (QED) is 0.368. The molecule has 0 aliphatic rings. The molecule has 0 spiro atoms. The van der Waals surface area contributed by atoms with Gasteiger partial charge in [-0.25, -0.2) is 0 Å². The highest BCUT2D eigenvalue weighted by atomic mass is 35.5. The van der Waals surface area contributed by atoms with Gasteiger partial charge in [-0.15, -0.1) is 43.7 Å². The Hall–Kier alpha value is -0.240. The summed E-state index contributed by atoms with van der Waals surface area (Å²) in [6, 6.07) is 0. The Kier molecular flexibility index (Phi) is 10.5. The highest BCUT2D eigenvalue weighted by Crippen LogP contribution is 2.04. The van der Waals surface area contributed by atoms with E-state index in [1.807, 2.05) is 17.1 Å². The van der Waals surface area contributed by atoms with Crippen LogP contribution in [0.15, 0.2) is 38.0 Å². The van der Waals surface area contributed by atoms with Gasteiger partial charge in [0.25, 0.3) is 0 Å². The fraction of sp³-hybridized carbons (Fsp3) is 0.333. The first-order chi connectivity index (χ1) is 5.26. The van der Waals surface area contributed by atoms with Crippen molar-refractivity contribution in [3.8, 4) is 0 Å². The molecule has 0 amide bonds. The summed E-state index contributed by atoms with van der Waals surface area (Å²) >= 11 is 5.90. The molecule has 0 aromatic heterocycles. The summed E-state index contributed by atoms with van der Waals surface area (Å²) in [5, 5.41) is 0. The van der Waals surface area contributed by atoms with Crippen molar-refractivity contribution in [3.63, 3.8) is 0 Å². The minimum atomic E-state index is -0.133. The molecule has 0 N–H and O–H groups in total. The summed E-state index contributed by atoms with van der Waals surface area (Å²) in [7, 11) is 0. The first kappa shape index (κ1) is 14.3. The standard InChI is InChI=1S/C9H14ClN.ClH/c1-4-7-11(8-5-2)9(10)6-3;/h4-6,9H,1-3,7-8H2;1H. The van der Waals surface area contributed by atoms with Crippen molar-refractivity contribution in [2.45, 2.75) is 5.50 Å². The van der Waals surface area contributed by atoms with E-state index in [0.29, 0.717) is 0 Å². The molecule has 0 saturated carbocycles. The van der Waals surface area contributed by atoms with E-state index in [9.17, 15) is 0 Å². The molecule has 0 aromatic rings. The smallest absolute Gasteiger partial charge is 0.104 e. The number of nitrogens with zero attached hydrogens (tertiary/aromatic N) is 1. The number of hydrogen-bond acceptors (Lipinski definition) is 1. The van der Waals surface area contributed by atoms with Gasteiger partial charge in [-0.3, -0.25) is 4.90 Å². The molecule has 70 valence electrons. The normalized spacial score (nSPS) is 11.5. The van der Waals surface area contributed by atoms with Crippen LogP contribution in [0.1, 0.15) is 0 Å². The predicted molar refractivity (Wildman–Crippen MR) is 59.1 cm³/mol. The van der Waals surface area contributed by atoms with Gasteiger partial charge in [-0.1, -0.05) is 18.2 Å². The Morgan fingerprint density at radius 1 is 1.17 bits per heavy atom. The van der Waals surface area contributed by atoms with Crippen molar-refractivity contribution in [2.75, 3.05) is 13.1 Å². The minimum Gasteiger partial charge on any atom is -0.277 e.